The zero-order valence-corrected chi connectivity index (χ0v) is 17.6. The van der Waals surface area contributed by atoms with E-state index in [1.54, 1.807) is 0 Å². The van der Waals surface area contributed by atoms with Crippen LogP contribution in [0.2, 0.25) is 0 Å². The second-order valence-corrected chi connectivity index (χ2v) is 7.81. The van der Waals surface area contributed by atoms with Gasteiger partial charge in [0.05, 0.1) is 0 Å². The highest BCUT2D eigenvalue weighted by Gasteiger charge is 2.16. The minimum Gasteiger partial charge on any atom is -0.347 e. The van der Waals surface area contributed by atoms with Gasteiger partial charge in [-0.2, -0.15) is 0 Å². The van der Waals surface area contributed by atoms with Gasteiger partial charge >= 0.3 is 0 Å². The van der Waals surface area contributed by atoms with Crippen LogP contribution in [0, 0.1) is 5.41 Å². The molecule has 0 aliphatic heterocycles. The highest BCUT2D eigenvalue weighted by Crippen LogP contribution is 2.27. The van der Waals surface area contributed by atoms with Crippen molar-refractivity contribution in [3.8, 4) is 0 Å². The molecular formula is C24H34N4. The van der Waals surface area contributed by atoms with Crippen LogP contribution in [-0.4, -0.2) is 23.2 Å². The second kappa shape index (κ2) is 9.83. The average Bonchev–Trinajstić information content (AvgIpc) is 2.99. The predicted molar refractivity (Wildman–Crippen MR) is 121 cm³/mol. The maximum atomic E-state index is 7.29. The van der Waals surface area contributed by atoms with Gasteiger partial charge in [0, 0.05) is 35.9 Å². The van der Waals surface area contributed by atoms with Crippen molar-refractivity contribution in [1.29, 1.82) is 5.41 Å². The van der Waals surface area contributed by atoms with E-state index in [9.17, 15) is 0 Å². The lowest BCUT2D eigenvalue weighted by Crippen LogP contribution is -2.16. The van der Waals surface area contributed by atoms with Gasteiger partial charge in [-0.15, -0.1) is 0 Å². The van der Waals surface area contributed by atoms with E-state index in [1.807, 2.05) is 0 Å². The molecular weight excluding hydrogens is 344 g/mol. The molecule has 0 amide bonds. The Hall–Kier alpha value is -2.20. The predicted octanol–water partition coefficient (Wildman–Crippen LogP) is 5.55. The van der Waals surface area contributed by atoms with Crippen molar-refractivity contribution < 1.29 is 0 Å². The number of para-hydroxylation sites is 1. The molecule has 1 aliphatic rings. The van der Waals surface area contributed by atoms with E-state index in [2.05, 4.69) is 60.0 Å². The van der Waals surface area contributed by atoms with E-state index < -0.39 is 0 Å². The molecule has 0 radical (unpaired) electrons. The third-order valence-electron chi connectivity index (χ3n) is 6.06. The Morgan fingerprint density at radius 3 is 2.82 bits per heavy atom. The molecule has 0 spiro atoms. The van der Waals surface area contributed by atoms with Crippen molar-refractivity contribution in [3.63, 3.8) is 0 Å². The molecule has 0 bridgehead atoms. The zero-order chi connectivity index (χ0) is 19.9. The summed E-state index contributed by atoms with van der Waals surface area (Å²) < 4.78 is 2.34. The summed E-state index contributed by atoms with van der Waals surface area (Å²) in [6.45, 7) is 6.44. The van der Waals surface area contributed by atoms with Crippen LogP contribution >= 0.6 is 0 Å². The number of benzene rings is 1. The van der Waals surface area contributed by atoms with E-state index in [1.165, 1.54) is 52.5 Å². The molecule has 28 heavy (non-hydrogen) atoms. The largest absolute Gasteiger partial charge is 0.347 e. The Labute approximate surface area is 169 Å². The molecule has 150 valence electrons. The zero-order valence-electron chi connectivity index (χ0n) is 17.6. The van der Waals surface area contributed by atoms with Gasteiger partial charge < -0.3 is 9.88 Å². The summed E-state index contributed by atoms with van der Waals surface area (Å²) in [6, 6.07) is 8.72. The summed E-state index contributed by atoms with van der Waals surface area (Å²) in [4.78, 5) is 4.30. The van der Waals surface area contributed by atoms with Crippen molar-refractivity contribution in [2.75, 3.05) is 6.54 Å². The SMILES string of the molecule is CCc1c(CNCCC/C(C)=C2\CCCCC2=NC=N)c2ccccc2n1C. The van der Waals surface area contributed by atoms with E-state index in [-0.39, 0.29) is 0 Å². The monoisotopic (exact) mass is 378 g/mol. The molecule has 1 aromatic carbocycles. The highest BCUT2D eigenvalue weighted by molar-refractivity contribution is 6.04. The van der Waals surface area contributed by atoms with E-state index in [0.29, 0.717) is 0 Å². The third kappa shape index (κ3) is 4.44. The number of aromatic nitrogens is 1. The van der Waals surface area contributed by atoms with Gasteiger partial charge in [-0.05, 0) is 75.6 Å². The number of fused-ring (bicyclic) bond motifs is 1. The minimum atomic E-state index is 0.931. The van der Waals surface area contributed by atoms with Crippen LogP contribution in [0.25, 0.3) is 10.9 Å². The number of hydrogen-bond acceptors (Lipinski definition) is 2. The molecule has 1 aliphatic carbocycles. The normalized spacial score (nSPS) is 18.0. The minimum absolute atomic E-state index is 0.931. The van der Waals surface area contributed by atoms with Gasteiger partial charge in [-0.3, -0.25) is 5.41 Å². The fourth-order valence-corrected chi connectivity index (χ4v) is 4.58. The molecule has 4 heteroatoms. The maximum absolute atomic E-state index is 7.29. The Morgan fingerprint density at radius 1 is 1.25 bits per heavy atom. The van der Waals surface area contributed by atoms with Crippen LogP contribution in [0.1, 0.15) is 63.6 Å². The number of allylic oxidation sites excluding steroid dienone is 2. The Bertz CT molecular complexity index is 885. The third-order valence-corrected chi connectivity index (χ3v) is 6.06. The van der Waals surface area contributed by atoms with Crippen LogP contribution in [0.3, 0.4) is 0 Å². The molecule has 4 nitrogen and oxygen atoms in total. The average molecular weight is 379 g/mol. The summed E-state index contributed by atoms with van der Waals surface area (Å²) in [5, 5.41) is 12.3. The smallest absolute Gasteiger partial charge is 0.107 e. The van der Waals surface area contributed by atoms with Gasteiger partial charge in [0.1, 0.15) is 6.34 Å². The molecule has 1 heterocycles. The van der Waals surface area contributed by atoms with Crippen molar-refractivity contribution >= 4 is 23.0 Å². The first-order valence-corrected chi connectivity index (χ1v) is 10.7. The standard InChI is InChI=1S/C24H34N4/c1-4-23-21(20-12-6-8-14-24(20)28(23)3)16-26-15-9-10-18(2)19-11-5-7-13-22(19)27-17-25/h6,8,12,14,17,25-26H,4-5,7,9-11,13,15-16H2,1-3H3/b19-18+,25-17?,27-22?. The van der Waals surface area contributed by atoms with Gasteiger partial charge in [-0.1, -0.05) is 30.7 Å². The first-order valence-electron chi connectivity index (χ1n) is 10.7. The fraction of sp³-hybridized carbons (Fsp3) is 0.500. The van der Waals surface area contributed by atoms with Crippen molar-refractivity contribution in [2.24, 2.45) is 12.0 Å². The van der Waals surface area contributed by atoms with Gasteiger partial charge in [0.15, 0.2) is 0 Å². The van der Waals surface area contributed by atoms with Crippen molar-refractivity contribution in [2.45, 2.75) is 65.3 Å². The van der Waals surface area contributed by atoms with Crippen LogP contribution in [-0.2, 0) is 20.0 Å². The van der Waals surface area contributed by atoms with E-state index >= 15 is 0 Å². The lowest BCUT2D eigenvalue weighted by molar-refractivity contribution is 0.639. The number of nitrogens with one attached hydrogen (secondary N) is 2. The van der Waals surface area contributed by atoms with Gasteiger partial charge in [0.2, 0.25) is 0 Å². The van der Waals surface area contributed by atoms with Gasteiger partial charge in [-0.25, -0.2) is 4.99 Å². The first kappa shape index (κ1) is 20.5. The summed E-state index contributed by atoms with van der Waals surface area (Å²) in [5.41, 5.74) is 8.23. The Kier molecular flexibility index (Phi) is 7.21. The van der Waals surface area contributed by atoms with Crippen LogP contribution in [0.15, 0.2) is 40.4 Å². The lowest BCUT2D eigenvalue weighted by atomic mass is 9.88. The van der Waals surface area contributed by atoms with Gasteiger partial charge in [0.25, 0.3) is 0 Å². The molecule has 1 aromatic heterocycles. The van der Waals surface area contributed by atoms with Crippen LogP contribution in [0.5, 0.6) is 0 Å². The quantitative estimate of drug-likeness (QED) is 0.353. The number of rotatable bonds is 8. The molecule has 3 rings (SSSR count). The van der Waals surface area contributed by atoms with Crippen LogP contribution < -0.4 is 5.32 Å². The second-order valence-electron chi connectivity index (χ2n) is 7.81. The molecule has 0 atom stereocenters. The fourth-order valence-electron chi connectivity index (χ4n) is 4.58. The summed E-state index contributed by atoms with van der Waals surface area (Å²) in [7, 11) is 2.18. The van der Waals surface area contributed by atoms with Crippen molar-refractivity contribution in [3.05, 3.63) is 46.7 Å². The first-order chi connectivity index (χ1) is 13.7. The van der Waals surface area contributed by atoms with E-state index in [4.69, 9.17) is 5.41 Å². The summed E-state index contributed by atoms with van der Waals surface area (Å²) in [5.74, 6) is 0. The molecule has 0 saturated heterocycles. The molecule has 1 fully saturated rings. The Balaban J connectivity index is 1.58. The maximum Gasteiger partial charge on any atom is 0.107 e. The highest BCUT2D eigenvalue weighted by atomic mass is 15.0. The lowest BCUT2D eigenvalue weighted by Gasteiger charge is -2.19. The molecule has 2 aromatic rings. The Morgan fingerprint density at radius 2 is 2.04 bits per heavy atom. The summed E-state index contributed by atoms with van der Waals surface area (Å²) >= 11 is 0. The van der Waals surface area contributed by atoms with Crippen molar-refractivity contribution in [1.82, 2.24) is 9.88 Å². The molecule has 2 N–H and O–H groups in total. The number of nitrogens with zero attached hydrogens (tertiary/aromatic N) is 2. The number of hydrogen-bond donors (Lipinski definition) is 2. The topological polar surface area (TPSA) is 53.2 Å². The van der Waals surface area contributed by atoms with E-state index in [0.717, 1.165) is 50.9 Å². The summed E-state index contributed by atoms with van der Waals surface area (Å²) in [6.07, 6.45) is 9.12. The van der Waals surface area contributed by atoms with Crippen LogP contribution in [0.4, 0.5) is 0 Å². The number of aliphatic imine (C=N–C) groups is 1. The molecule has 1 saturated carbocycles. The number of aryl methyl sites for hydroxylation is 1. The molecule has 0 unspecified atom stereocenters.